The fraction of sp³-hybridized carbons (Fsp3) is 1.00. The zero-order valence-electron chi connectivity index (χ0n) is 4.44. The zero-order valence-corrected chi connectivity index (χ0v) is 5.33. The molecule has 0 saturated carbocycles. The van der Waals surface area contributed by atoms with Crippen molar-refractivity contribution in [2.45, 2.75) is 13.8 Å². The van der Waals surface area contributed by atoms with E-state index in [1.807, 2.05) is 0 Å². The Labute approximate surface area is 42.4 Å². The predicted octanol–water partition coefficient (Wildman–Crippen LogP) is 1.59. The maximum atomic E-state index is 5.54. The third-order valence-corrected chi connectivity index (χ3v) is 2.44. The van der Waals surface area contributed by atoms with Crippen molar-refractivity contribution in [2.75, 3.05) is 12.3 Å². The van der Waals surface area contributed by atoms with Crippen molar-refractivity contribution in [3.05, 3.63) is 0 Å². The molecule has 0 aromatic heterocycles. The molecule has 0 aliphatic heterocycles. The molecule has 2 heteroatoms. The standard InChI is InChI=1S/C4H10BP/c1-3-6(5)4-2/h3-4H2,1-2H3/q-1. The highest BCUT2D eigenvalue weighted by atomic mass is 31.1. The summed E-state index contributed by atoms with van der Waals surface area (Å²) in [5, 5.41) is 0. The van der Waals surface area contributed by atoms with Crippen molar-refractivity contribution in [1.29, 1.82) is 0 Å². The van der Waals surface area contributed by atoms with E-state index in [1.54, 1.807) is 0 Å². The number of hydrogen-bond acceptors (Lipinski definition) is 0. The Morgan fingerprint density at radius 1 is 1.33 bits per heavy atom. The van der Waals surface area contributed by atoms with Crippen LogP contribution in [-0.4, -0.2) is 19.9 Å². The quantitative estimate of drug-likeness (QED) is 0.365. The first kappa shape index (κ1) is 6.49. The minimum absolute atomic E-state index is 0.0761. The van der Waals surface area contributed by atoms with E-state index in [1.165, 1.54) is 12.3 Å². The minimum atomic E-state index is -0.0761. The van der Waals surface area contributed by atoms with Crippen LogP contribution in [0.1, 0.15) is 13.8 Å². The fourth-order valence-electron chi connectivity index (χ4n) is 0.224. The second-order valence-corrected chi connectivity index (χ2v) is 3.66. The Balaban J connectivity index is 2.75. The Kier molecular flexibility index (Phi) is 3.98. The summed E-state index contributed by atoms with van der Waals surface area (Å²) in [5.74, 6) is 0. The van der Waals surface area contributed by atoms with Crippen LogP contribution >= 0.6 is 7.80 Å². The molecule has 6 heavy (non-hydrogen) atoms. The number of hydrogen-bond donors (Lipinski definition) is 0. The highest BCUT2D eigenvalue weighted by Gasteiger charge is 1.70. The fourth-order valence-corrected chi connectivity index (χ4v) is 0.671. The van der Waals surface area contributed by atoms with Crippen LogP contribution in [0, 0.1) is 0 Å². The van der Waals surface area contributed by atoms with Crippen LogP contribution in [0.2, 0.25) is 0 Å². The van der Waals surface area contributed by atoms with Crippen LogP contribution in [0.3, 0.4) is 0 Å². The molecule has 35 valence electrons. The van der Waals surface area contributed by atoms with Crippen LogP contribution in [-0.2, 0) is 0 Å². The van der Waals surface area contributed by atoms with E-state index in [-0.39, 0.29) is 7.80 Å². The molecule has 0 amide bonds. The molecule has 3 radical (unpaired) electrons. The summed E-state index contributed by atoms with van der Waals surface area (Å²) >= 11 is 0. The van der Waals surface area contributed by atoms with E-state index >= 15 is 0 Å². The van der Waals surface area contributed by atoms with Gasteiger partial charge in [0.25, 0.3) is 0 Å². The van der Waals surface area contributed by atoms with Gasteiger partial charge in [0.2, 0.25) is 0 Å². The summed E-state index contributed by atoms with van der Waals surface area (Å²) in [5.41, 5.74) is 0. The van der Waals surface area contributed by atoms with Crippen LogP contribution in [0.15, 0.2) is 0 Å². The molecule has 0 spiro atoms. The first-order valence-corrected chi connectivity index (χ1v) is 4.09. The summed E-state index contributed by atoms with van der Waals surface area (Å²) < 4.78 is 0. The molecular formula is C4H10BP-. The average Bonchev–Trinajstić information content (AvgIpc) is 1.65. The van der Waals surface area contributed by atoms with E-state index in [0.717, 1.165) is 0 Å². The predicted molar refractivity (Wildman–Crippen MR) is 33.8 cm³/mol. The van der Waals surface area contributed by atoms with E-state index < -0.39 is 0 Å². The highest BCUT2D eigenvalue weighted by molar-refractivity contribution is 7.82. The topological polar surface area (TPSA) is 0 Å². The van der Waals surface area contributed by atoms with E-state index in [0.29, 0.717) is 0 Å². The second kappa shape index (κ2) is 3.68. The molecule has 0 bridgehead atoms. The SMILES string of the molecule is [B-]P(CC)CC. The molecule has 0 atom stereocenters. The lowest BCUT2D eigenvalue weighted by atomic mass is 10.7. The maximum Gasteiger partial charge on any atom is -0.0648 e. The van der Waals surface area contributed by atoms with Crippen molar-refractivity contribution in [1.82, 2.24) is 0 Å². The lowest BCUT2D eigenvalue weighted by Crippen LogP contribution is -1.77. The molecule has 0 N–H and O–H groups in total. The Hall–Kier alpha value is 0.495. The third kappa shape index (κ3) is 2.72. The molecule has 0 saturated heterocycles. The van der Waals surface area contributed by atoms with Crippen molar-refractivity contribution in [3.8, 4) is 0 Å². The van der Waals surface area contributed by atoms with E-state index in [4.69, 9.17) is 7.57 Å². The first-order valence-electron chi connectivity index (χ1n) is 2.30. The van der Waals surface area contributed by atoms with Gasteiger partial charge in [-0.05, 0) is 0 Å². The van der Waals surface area contributed by atoms with Gasteiger partial charge in [-0.1, -0.05) is 26.2 Å². The van der Waals surface area contributed by atoms with Crippen LogP contribution < -0.4 is 0 Å². The molecule has 0 rings (SSSR count). The van der Waals surface area contributed by atoms with Gasteiger partial charge in [-0.2, -0.15) is 0 Å². The van der Waals surface area contributed by atoms with Crippen molar-refractivity contribution in [2.24, 2.45) is 0 Å². The smallest absolute Gasteiger partial charge is 0.0648 e. The monoisotopic (exact) mass is 100 g/mol. The van der Waals surface area contributed by atoms with Gasteiger partial charge < -0.3 is 15.4 Å². The molecule has 0 nitrogen and oxygen atoms in total. The van der Waals surface area contributed by atoms with Crippen molar-refractivity contribution >= 4 is 15.4 Å². The highest BCUT2D eigenvalue weighted by Crippen LogP contribution is 2.25. The van der Waals surface area contributed by atoms with Gasteiger partial charge in [0, 0.05) is 0 Å². The third-order valence-electron chi connectivity index (χ3n) is 0.812. The molecule has 0 aliphatic carbocycles. The summed E-state index contributed by atoms with van der Waals surface area (Å²) in [6.07, 6.45) is 2.34. The van der Waals surface area contributed by atoms with Gasteiger partial charge in [0.05, 0.1) is 0 Å². The van der Waals surface area contributed by atoms with Gasteiger partial charge in [-0.3, -0.25) is 0 Å². The van der Waals surface area contributed by atoms with Crippen molar-refractivity contribution < 1.29 is 0 Å². The minimum Gasteiger partial charge on any atom is -0.579 e. The lowest BCUT2D eigenvalue weighted by Gasteiger charge is -2.20. The molecular weight excluding hydrogens is 89.8 g/mol. The van der Waals surface area contributed by atoms with Crippen LogP contribution in [0.25, 0.3) is 0 Å². The van der Waals surface area contributed by atoms with Crippen molar-refractivity contribution in [3.63, 3.8) is 0 Å². The van der Waals surface area contributed by atoms with Gasteiger partial charge in [-0.15, -0.1) is 0 Å². The normalized spacial score (nSPS) is 10.0. The molecule has 0 fully saturated rings. The zero-order chi connectivity index (χ0) is 4.99. The van der Waals surface area contributed by atoms with Crippen LogP contribution in [0.4, 0.5) is 0 Å². The summed E-state index contributed by atoms with van der Waals surface area (Å²) in [7, 11) is 5.46. The summed E-state index contributed by atoms with van der Waals surface area (Å²) in [6.45, 7) is 4.27. The van der Waals surface area contributed by atoms with Crippen LogP contribution in [0.5, 0.6) is 0 Å². The Morgan fingerprint density at radius 2 is 1.67 bits per heavy atom. The Bertz CT molecular complexity index is 26.7. The second-order valence-electron chi connectivity index (χ2n) is 1.22. The summed E-state index contributed by atoms with van der Waals surface area (Å²) in [6, 6.07) is 0. The largest absolute Gasteiger partial charge is 0.579 e. The van der Waals surface area contributed by atoms with Gasteiger partial charge in [0.15, 0.2) is 0 Å². The molecule has 0 aromatic rings. The molecule has 0 aromatic carbocycles. The Morgan fingerprint density at radius 3 is 1.67 bits per heavy atom. The lowest BCUT2D eigenvalue weighted by molar-refractivity contribution is 1.44. The van der Waals surface area contributed by atoms with Gasteiger partial charge in [-0.25, -0.2) is 0 Å². The average molecular weight is 99.9 g/mol. The van der Waals surface area contributed by atoms with Gasteiger partial charge >= 0.3 is 0 Å². The molecule has 0 aliphatic rings. The van der Waals surface area contributed by atoms with E-state index in [2.05, 4.69) is 13.8 Å². The van der Waals surface area contributed by atoms with Gasteiger partial charge in [0.1, 0.15) is 0 Å². The molecule has 0 heterocycles. The van der Waals surface area contributed by atoms with E-state index in [9.17, 15) is 0 Å². The summed E-state index contributed by atoms with van der Waals surface area (Å²) in [4.78, 5) is 0. The first-order chi connectivity index (χ1) is 2.81. The molecule has 0 unspecified atom stereocenters. The maximum absolute atomic E-state index is 5.54. The number of rotatable bonds is 2.